The SMILES string of the molecule is CN(C)S(=O)(=O)c1cccc(NC(=O)[C@@H]2CS[C@]3(C)CCC(=O)N23)c1. The summed E-state index contributed by atoms with van der Waals surface area (Å²) >= 11 is 1.62. The van der Waals surface area contributed by atoms with Crippen LogP contribution >= 0.6 is 11.8 Å². The number of nitrogens with one attached hydrogen (secondary N) is 1. The Balaban J connectivity index is 1.80. The number of nitrogens with zero attached hydrogens (tertiary/aromatic N) is 2. The van der Waals surface area contributed by atoms with Crippen LogP contribution in [0.1, 0.15) is 19.8 Å². The molecule has 1 aromatic carbocycles. The fourth-order valence-corrected chi connectivity index (χ4v) is 5.57. The first-order chi connectivity index (χ1) is 11.6. The molecule has 0 aliphatic carbocycles. The Morgan fingerprint density at radius 3 is 2.80 bits per heavy atom. The third kappa shape index (κ3) is 3.16. The smallest absolute Gasteiger partial charge is 0.248 e. The minimum Gasteiger partial charge on any atom is -0.324 e. The first-order valence-corrected chi connectivity index (χ1v) is 10.4. The lowest BCUT2D eigenvalue weighted by Crippen LogP contribution is -2.48. The lowest BCUT2D eigenvalue weighted by molar-refractivity contribution is -0.135. The minimum atomic E-state index is -3.57. The van der Waals surface area contributed by atoms with E-state index in [0.717, 1.165) is 10.7 Å². The highest BCUT2D eigenvalue weighted by molar-refractivity contribution is 8.01. The van der Waals surface area contributed by atoms with Gasteiger partial charge in [-0.2, -0.15) is 0 Å². The maximum atomic E-state index is 12.7. The molecule has 2 saturated heterocycles. The molecular weight excluding hydrogens is 362 g/mol. The molecule has 3 rings (SSSR count). The zero-order valence-corrected chi connectivity index (χ0v) is 16.0. The summed E-state index contributed by atoms with van der Waals surface area (Å²) < 4.78 is 25.6. The van der Waals surface area contributed by atoms with Crippen LogP contribution in [-0.4, -0.2) is 60.2 Å². The fraction of sp³-hybridized carbons (Fsp3) is 0.500. The molecule has 0 saturated carbocycles. The van der Waals surface area contributed by atoms with Gasteiger partial charge in [0.15, 0.2) is 0 Å². The van der Waals surface area contributed by atoms with Gasteiger partial charge in [-0.05, 0) is 31.5 Å². The van der Waals surface area contributed by atoms with Crippen molar-refractivity contribution in [1.29, 1.82) is 0 Å². The number of hydrogen-bond donors (Lipinski definition) is 1. The van der Waals surface area contributed by atoms with Crippen molar-refractivity contribution in [3.05, 3.63) is 24.3 Å². The number of hydrogen-bond acceptors (Lipinski definition) is 5. The lowest BCUT2D eigenvalue weighted by Gasteiger charge is -2.29. The van der Waals surface area contributed by atoms with Crippen molar-refractivity contribution in [2.24, 2.45) is 0 Å². The van der Waals surface area contributed by atoms with Crippen LogP contribution in [0, 0.1) is 0 Å². The molecule has 136 valence electrons. The third-order valence-electron chi connectivity index (χ3n) is 4.63. The summed E-state index contributed by atoms with van der Waals surface area (Å²) in [6.07, 6.45) is 1.21. The quantitative estimate of drug-likeness (QED) is 0.848. The van der Waals surface area contributed by atoms with Crippen molar-refractivity contribution in [3.63, 3.8) is 0 Å². The second-order valence-corrected chi connectivity index (χ2v) is 10.2. The number of carbonyl (C=O) groups is 2. The zero-order valence-electron chi connectivity index (χ0n) is 14.4. The minimum absolute atomic E-state index is 0.00316. The first kappa shape index (κ1) is 18.2. The van der Waals surface area contributed by atoms with Crippen molar-refractivity contribution >= 4 is 39.3 Å². The molecule has 2 aliphatic heterocycles. The van der Waals surface area contributed by atoms with E-state index in [1.807, 2.05) is 6.92 Å². The number of sulfonamides is 1. The third-order valence-corrected chi connectivity index (χ3v) is 7.94. The molecule has 0 bridgehead atoms. The molecule has 2 atom stereocenters. The van der Waals surface area contributed by atoms with Crippen LogP contribution in [0.4, 0.5) is 5.69 Å². The van der Waals surface area contributed by atoms with E-state index in [1.54, 1.807) is 28.8 Å². The van der Waals surface area contributed by atoms with Crippen LogP contribution < -0.4 is 5.32 Å². The van der Waals surface area contributed by atoms with Crippen molar-refractivity contribution in [2.75, 3.05) is 25.2 Å². The predicted octanol–water partition coefficient (Wildman–Crippen LogP) is 1.33. The second-order valence-electron chi connectivity index (χ2n) is 6.57. The van der Waals surface area contributed by atoms with E-state index in [0.29, 0.717) is 17.9 Å². The van der Waals surface area contributed by atoms with Gasteiger partial charge in [0.25, 0.3) is 0 Å². The summed E-state index contributed by atoms with van der Waals surface area (Å²) in [6.45, 7) is 1.99. The molecule has 0 unspecified atom stereocenters. The zero-order chi connectivity index (χ0) is 18.4. The molecule has 9 heteroatoms. The van der Waals surface area contributed by atoms with Crippen LogP contribution in [0.5, 0.6) is 0 Å². The van der Waals surface area contributed by atoms with Gasteiger partial charge >= 0.3 is 0 Å². The summed E-state index contributed by atoms with van der Waals surface area (Å²) in [5, 5.41) is 2.76. The average molecular weight is 383 g/mol. The van der Waals surface area contributed by atoms with Gasteiger partial charge in [-0.15, -0.1) is 11.8 Å². The number of carbonyl (C=O) groups excluding carboxylic acids is 2. The molecule has 2 heterocycles. The Morgan fingerprint density at radius 2 is 2.12 bits per heavy atom. The Hall–Kier alpha value is -1.58. The van der Waals surface area contributed by atoms with Crippen LogP contribution in [0.3, 0.4) is 0 Å². The van der Waals surface area contributed by atoms with E-state index in [1.165, 1.54) is 26.2 Å². The van der Waals surface area contributed by atoms with Gasteiger partial charge in [-0.25, -0.2) is 12.7 Å². The van der Waals surface area contributed by atoms with Crippen LogP contribution in [0.15, 0.2) is 29.2 Å². The number of amides is 2. The number of anilines is 1. The summed E-state index contributed by atoms with van der Waals surface area (Å²) in [7, 11) is -0.665. The van der Waals surface area contributed by atoms with Crippen molar-refractivity contribution in [2.45, 2.75) is 35.6 Å². The molecular formula is C16H21N3O4S2. The van der Waals surface area contributed by atoms with Crippen LogP contribution in [-0.2, 0) is 19.6 Å². The van der Waals surface area contributed by atoms with Gasteiger partial charge in [0.1, 0.15) is 6.04 Å². The summed E-state index contributed by atoms with van der Waals surface area (Å²) in [4.78, 5) is 26.3. The Morgan fingerprint density at radius 1 is 1.40 bits per heavy atom. The topological polar surface area (TPSA) is 86.8 Å². The van der Waals surface area contributed by atoms with Crippen LogP contribution in [0.2, 0.25) is 0 Å². The largest absolute Gasteiger partial charge is 0.324 e. The predicted molar refractivity (Wildman–Crippen MR) is 96.7 cm³/mol. The fourth-order valence-electron chi connectivity index (χ4n) is 3.19. The van der Waals surface area contributed by atoms with E-state index < -0.39 is 16.1 Å². The Kier molecular flexibility index (Phi) is 4.59. The van der Waals surface area contributed by atoms with Crippen molar-refractivity contribution in [1.82, 2.24) is 9.21 Å². The van der Waals surface area contributed by atoms with Crippen LogP contribution in [0.25, 0.3) is 0 Å². The molecule has 0 aromatic heterocycles. The lowest BCUT2D eigenvalue weighted by atomic mass is 10.2. The van der Waals surface area contributed by atoms with E-state index in [-0.39, 0.29) is 21.6 Å². The highest BCUT2D eigenvalue weighted by atomic mass is 32.2. The molecule has 0 radical (unpaired) electrons. The van der Waals surface area contributed by atoms with Gasteiger partial charge in [0.2, 0.25) is 21.8 Å². The Bertz CT molecular complexity index is 824. The number of benzene rings is 1. The molecule has 25 heavy (non-hydrogen) atoms. The molecule has 2 aliphatic rings. The van der Waals surface area contributed by atoms with E-state index >= 15 is 0 Å². The average Bonchev–Trinajstić information content (AvgIpc) is 3.04. The van der Waals surface area contributed by atoms with Gasteiger partial charge < -0.3 is 10.2 Å². The van der Waals surface area contributed by atoms with Crippen molar-refractivity contribution < 1.29 is 18.0 Å². The first-order valence-electron chi connectivity index (χ1n) is 7.95. The molecule has 1 N–H and O–H groups in total. The van der Waals surface area contributed by atoms with E-state index in [2.05, 4.69) is 5.32 Å². The van der Waals surface area contributed by atoms with Gasteiger partial charge in [0, 0.05) is 32.0 Å². The van der Waals surface area contributed by atoms with Gasteiger partial charge in [-0.3, -0.25) is 9.59 Å². The number of fused-ring (bicyclic) bond motifs is 1. The second kappa shape index (κ2) is 6.30. The molecule has 2 amide bonds. The highest BCUT2D eigenvalue weighted by Gasteiger charge is 2.52. The van der Waals surface area contributed by atoms with E-state index in [9.17, 15) is 18.0 Å². The molecule has 1 aromatic rings. The molecule has 0 spiro atoms. The summed E-state index contributed by atoms with van der Waals surface area (Å²) in [5.41, 5.74) is 0.401. The number of thioether (sulfide) groups is 1. The normalized spacial score (nSPS) is 26.2. The highest BCUT2D eigenvalue weighted by Crippen LogP contribution is 2.47. The van der Waals surface area contributed by atoms with Gasteiger partial charge in [-0.1, -0.05) is 6.07 Å². The number of rotatable bonds is 4. The maximum absolute atomic E-state index is 12.7. The standard InChI is InChI=1S/C16H21N3O4S2/c1-16-8-7-14(20)19(16)13(10-24-16)15(21)17-11-5-4-6-12(9-11)25(22,23)18(2)3/h4-6,9,13H,7-8,10H2,1-3H3,(H,17,21)/t13-,16+/m0/s1. The Labute approximate surface area is 151 Å². The van der Waals surface area contributed by atoms with E-state index in [4.69, 9.17) is 0 Å². The molecule has 7 nitrogen and oxygen atoms in total. The maximum Gasteiger partial charge on any atom is 0.248 e. The summed E-state index contributed by atoms with van der Waals surface area (Å²) in [5.74, 6) is 0.256. The van der Waals surface area contributed by atoms with Crippen molar-refractivity contribution in [3.8, 4) is 0 Å². The van der Waals surface area contributed by atoms with Gasteiger partial charge in [0.05, 0.1) is 9.77 Å². The monoisotopic (exact) mass is 383 g/mol. The summed E-state index contributed by atoms with van der Waals surface area (Å²) in [6, 6.07) is 5.61. The molecule has 2 fully saturated rings.